The van der Waals surface area contributed by atoms with Crippen LogP contribution in [0, 0.1) is 3.57 Å². The Kier molecular flexibility index (Phi) is 4.31. The van der Waals surface area contributed by atoms with E-state index in [1.807, 2.05) is 34.7 Å². The summed E-state index contributed by atoms with van der Waals surface area (Å²) in [6.45, 7) is 0.427. The monoisotopic (exact) mass is 370 g/mol. The number of aliphatic carboxylic acids is 1. The van der Waals surface area contributed by atoms with Gasteiger partial charge in [-0.15, -0.1) is 0 Å². The molecular formula is C13H11IN2O3. The van der Waals surface area contributed by atoms with Gasteiger partial charge in [-0.3, -0.25) is 14.2 Å². The second-order valence-corrected chi connectivity index (χ2v) is 5.22. The highest BCUT2D eigenvalue weighted by Gasteiger charge is 2.03. The van der Waals surface area contributed by atoms with Crippen LogP contribution < -0.4 is 5.56 Å². The molecular weight excluding hydrogens is 359 g/mol. The smallest absolute Gasteiger partial charge is 0.307 e. The van der Waals surface area contributed by atoms with Gasteiger partial charge < -0.3 is 5.11 Å². The fourth-order valence-corrected chi connectivity index (χ4v) is 2.14. The minimum absolute atomic E-state index is 0.00498. The van der Waals surface area contributed by atoms with Crippen molar-refractivity contribution >= 4 is 28.6 Å². The summed E-state index contributed by atoms with van der Waals surface area (Å²) in [7, 11) is 0. The van der Waals surface area contributed by atoms with Crippen molar-refractivity contribution in [2.75, 3.05) is 0 Å². The van der Waals surface area contributed by atoms with Crippen molar-refractivity contribution in [3.8, 4) is 0 Å². The molecule has 0 aliphatic carbocycles. The van der Waals surface area contributed by atoms with Crippen LogP contribution in [0.2, 0.25) is 0 Å². The molecule has 1 heterocycles. The van der Waals surface area contributed by atoms with Gasteiger partial charge in [0.2, 0.25) is 0 Å². The van der Waals surface area contributed by atoms with Crippen LogP contribution in [-0.2, 0) is 17.8 Å². The standard InChI is InChI=1S/C13H11IN2O3/c14-11-6-15-8-16(13(11)19)7-10-3-1-9(2-4-10)5-12(17)18/h1-4,6,8H,5,7H2,(H,17,18). The second-order valence-electron chi connectivity index (χ2n) is 4.06. The highest BCUT2D eigenvalue weighted by molar-refractivity contribution is 14.1. The average molecular weight is 370 g/mol. The molecule has 0 spiro atoms. The normalized spacial score (nSPS) is 10.4. The number of rotatable bonds is 4. The molecule has 0 unspecified atom stereocenters. The molecule has 0 atom stereocenters. The zero-order valence-electron chi connectivity index (χ0n) is 9.91. The fraction of sp³-hybridized carbons (Fsp3) is 0.154. The van der Waals surface area contributed by atoms with Gasteiger partial charge in [-0.05, 0) is 33.7 Å². The van der Waals surface area contributed by atoms with Gasteiger partial charge in [0.1, 0.15) is 0 Å². The van der Waals surface area contributed by atoms with E-state index in [4.69, 9.17) is 5.11 Å². The summed E-state index contributed by atoms with van der Waals surface area (Å²) >= 11 is 1.95. The van der Waals surface area contributed by atoms with Gasteiger partial charge in [-0.1, -0.05) is 24.3 Å². The molecule has 19 heavy (non-hydrogen) atoms. The van der Waals surface area contributed by atoms with E-state index in [1.54, 1.807) is 12.1 Å². The predicted molar refractivity (Wildman–Crippen MR) is 78.1 cm³/mol. The van der Waals surface area contributed by atoms with Gasteiger partial charge in [-0.2, -0.15) is 0 Å². The van der Waals surface area contributed by atoms with Gasteiger partial charge in [0.25, 0.3) is 5.56 Å². The van der Waals surface area contributed by atoms with E-state index in [0.717, 1.165) is 11.1 Å². The molecule has 5 nitrogen and oxygen atoms in total. The molecule has 2 aromatic rings. The maximum absolute atomic E-state index is 11.8. The molecule has 1 N–H and O–H groups in total. The van der Waals surface area contributed by atoms with Crippen LogP contribution in [0.5, 0.6) is 0 Å². The number of aromatic nitrogens is 2. The maximum atomic E-state index is 11.8. The summed E-state index contributed by atoms with van der Waals surface area (Å²) in [4.78, 5) is 26.4. The van der Waals surface area contributed by atoms with Crippen molar-refractivity contribution in [2.24, 2.45) is 0 Å². The lowest BCUT2D eigenvalue weighted by atomic mass is 10.1. The molecule has 0 bridgehead atoms. The van der Waals surface area contributed by atoms with E-state index in [9.17, 15) is 9.59 Å². The topological polar surface area (TPSA) is 72.2 Å². The number of halogens is 1. The van der Waals surface area contributed by atoms with E-state index < -0.39 is 5.97 Å². The Hall–Kier alpha value is -1.70. The first kappa shape index (κ1) is 13.7. The van der Waals surface area contributed by atoms with E-state index in [2.05, 4.69) is 4.98 Å². The average Bonchev–Trinajstić information content (AvgIpc) is 2.37. The molecule has 6 heteroatoms. The maximum Gasteiger partial charge on any atom is 0.307 e. The Morgan fingerprint density at radius 2 is 1.89 bits per heavy atom. The van der Waals surface area contributed by atoms with Gasteiger partial charge in [0, 0.05) is 6.20 Å². The first-order chi connectivity index (χ1) is 9.06. The van der Waals surface area contributed by atoms with Crippen LogP contribution in [-0.4, -0.2) is 20.6 Å². The van der Waals surface area contributed by atoms with Crippen molar-refractivity contribution in [1.82, 2.24) is 9.55 Å². The summed E-state index contributed by atoms with van der Waals surface area (Å²) in [5.41, 5.74) is 1.59. The van der Waals surface area contributed by atoms with Crippen LogP contribution in [0.25, 0.3) is 0 Å². The number of carboxylic acid groups (broad SMARTS) is 1. The van der Waals surface area contributed by atoms with E-state index in [1.165, 1.54) is 17.1 Å². The fourth-order valence-electron chi connectivity index (χ4n) is 1.67. The third-order valence-electron chi connectivity index (χ3n) is 2.59. The minimum atomic E-state index is -0.856. The molecule has 0 aliphatic rings. The quantitative estimate of drug-likeness (QED) is 0.829. The highest BCUT2D eigenvalue weighted by Crippen LogP contribution is 2.06. The zero-order valence-corrected chi connectivity index (χ0v) is 12.1. The van der Waals surface area contributed by atoms with Crippen molar-refractivity contribution in [1.29, 1.82) is 0 Å². The summed E-state index contributed by atoms with van der Waals surface area (Å²) in [5.74, 6) is -0.856. The second kappa shape index (κ2) is 5.96. The van der Waals surface area contributed by atoms with Crippen LogP contribution in [0.3, 0.4) is 0 Å². The molecule has 0 radical (unpaired) electrons. The SMILES string of the molecule is O=C(O)Cc1ccc(Cn2cncc(I)c2=O)cc1. The third-order valence-corrected chi connectivity index (χ3v) is 3.33. The predicted octanol–water partition coefficient (Wildman–Crippen LogP) is 1.52. The number of benzene rings is 1. The number of hydrogen-bond donors (Lipinski definition) is 1. The lowest BCUT2D eigenvalue weighted by Crippen LogP contribution is -2.22. The van der Waals surface area contributed by atoms with Crippen LogP contribution in [0.15, 0.2) is 41.6 Å². The van der Waals surface area contributed by atoms with E-state index >= 15 is 0 Å². The molecule has 1 aromatic carbocycles. The van der Waals surface area contributed by atoms with E-state index in [-0.39, 0.29) is 12.0 Å². The van der Waals surface area contributed by atoms with Crippen LogP contribution in [0.1, 0.15) is 11.1 Å². The van der Waals surface area contributed by atoms with Gasteiger partial charge in [0.15, 0.2) is 0 Å². The van der Waals surface area contributed by atoms with Crippen molar-refractivity contribution in [3.05, 3.63) is 61.8 Å². The zero-order chi connectivity index (χ0) is 13.8. The van der Waals surface area contributed by atoms with Gasteiger partial charge in [0.05, 0.1) is 22.9 Å². The lowest BCUT2D eigenvalue weighted by Gasteiger charge is -2.06. The van der Waals surface area contributed by atoms with Crippen LogP contribution in [0.4, 0.5) is 0 Å². The Labute approximate surface area is 123 Å². The number of hydrogen-bond acceptors (Lipinski definition) is 3. The minimum Gasteiger partial charge on any atom is -0.481 e. The molecule has 98 valence electrons. The Morgan fingerprint density at radius 1 is 1.26 bits per heavy atom. The van der Waals surface area contributed by atoms with Crippen molar-refractivity contribution in [3.63, 3.8) is 0 Å². The van der Waals surface area contributed by atoms with Crippen molar-refractivity contribution < 1.29 is 9.90 Å². The molecule has 1 aromatic heterocycles. The van der Waals surface area contributed by atoms with Crippen molar-refractivity contribution in [2.45, 2.75) is 13.0 Å². The Bertz CT molecular complexity index is 650. The highest BCUT2D eigenvalue weighted by atomic mass is 127. The first-order valence-corrected chi connectivity index (χ1v) is 6.63. The first-order valence-electron chi connectivity index (χ1n) is 5.56. The summed E-state index contributed by atoms with van der Waals surface area (Å²) in [5, 5.41) is 8.68. The lowest BCUT2D eigenvalue weighted by molar-refractivity contribution is -0.136. The Balaban J connectivity index is 2.18. The number of carboxylic acids is 1. The molecule has 0 amide bonds. The largest absolute Gasteiger partial charge is 0.481 e. The third kappa shape index (κ3) is 3.63. The Morgan fingerprint density at radius 3 is 2.53 bits per heavy atom. The molecule has 0 fully saturated rings. The van der Waals surface area contributed by atoms with E-state index in [0.29, 0.717) is 10.1 Å². The summed E-state index contributed by atoms with van der Waals surface area (Å²) in [6.07, 6.45) is 3.02. The van der Waals surface area contributed by atoms with Gasteiger partial charge in [-0.25, -0.2) is 4.98 Å². The molecule has 0 aliphatic heterocycles. The summed E-state index contributed by atoms with van der Waals surface area (Å²) < 4.78 is 2.09. The van der Waals surface area contributed by atoms with Gasteiger partial charge >= 0.3 is 5.97 Å². The molecule has 0 saturated heterocycles. The summed E-state index contributed by atoms with van der Waals surface area (Å²) in [6, 6.07) is 7.17. The van der Waals surface area contributed by atoms with Crippen LogP contribution >= 0.6 is 22.6 Å². The molecule has 0 saturated carbocycles. The number of carbonyl (C=O) groups is 1. The molecule has 2 rings (SSSR count). The number of nitrogens with zero attached hydrogens (tertiary/aromatic N) is 2.